The summed E-state index contributed by atoms with van der Waals surface area (Å²) in [4.78, 5) is 3.92. The van der Waals surface area contributed by atoms with E-state index in [4.69, 9.17) is 0 Å². The molecule has 2 rings (SSSR count). The smallest absolute Gasteiger partial charge is 0.123 e. The number of anilines is 1. The molecule has 1 aromatic heterocycles. The lowest BCUT2D eigenvalue weighted by atomic mass is 10.2. The summed E-state index contributed by atoms with van der Waals surface area (Å²) in [6.07, 6.45) is 3.46. The first-order valence-corrected chi connectivity index (χ1v) is 4.73. The van der Waals surface area contributed by atoms with Crippen LogP contribution >= 0.6 is 0 Å². The van der Waals surface area contributed by atoms with Crippen molar-refractivity contribution in [1.82, 2.24) is 4.98 Å². The van der Waals surface area contributed by atoms with Crippen molar-refractivity contribution in [1.29, 1.82) is 0 Å². The Kier molecular flexibility index (Phi) is 2.93. The van der Waals surface area contributed by atoms with Gasteiger partial charge in [-0.25, -0.2) is 4.39 Å². The minimum Gasteiger partial charge on any atom is -0.381 e. The molecule has 0 unspecified atom stereocenters. The Hall–Kier alpha value is -1.90. The molecule has 0 atom stereocenters. The van der Waals surface area contributed by atoms with Crippen LogP contribution < -0.4 is 5.32 Å². The first-order chi connectivity index (χ1) is 7.34. The first kappa shape index (κ1) is 9.65. The Balaban J connectivity index is 1.96. The van der Waals surface area contributed by atoms with E-state index in [-0.39, 0.29) is 5.82 Å². The lowest BCUT2D eigenvalue weighted by molar-refractivity contribution is 0.627. The van der Waals surface area contributed by atoms with Crippen molar-refractivity contribution >= 4 is 5.69 Å². The van der Waals surface area contributed by atoms with E-state index in [2.05, 4.69) is 10.3 Å². The number of rotatable bonds is 3. The van der Waals surface area contributed by atoms with E-state index >= 15 is 0 Å². The van der Waals surface area contributed by atoms with Crippen molar-refractivity contribution in [2.45, 2.75) is 6.54 Å². The molecule has 0 radical (unpaired) electrons. The monoisotopic (exact) mass is 202 g/mol. The maximum absolute atomic E-state index is 12.6. The van der Waals surface area contributed by atoms with E-state index in [9.17, 15) is 4.39 Å². The van der Waals surface area contributed by atoms with E-state index in [1.54, 1.807) is 24.5 Å². The number of hydrogen-bond donors (Lipinski definition) is 1. The van der Waals surface area contributed by atoms with E-state index < -0.39 is 0 Å². The van der Waals surface area contributed by atoms with Gasteiger partial charge in [0.2, 0.25) is 0 Å². The van der Waals surface area contributed by atoms with Crippen LogP contribution in [0.4, 0.5) is 10.1 Å². The second-order valence-corrected chi connectivity index (χ2v) is 3.22. The number of aromatic nitrogens is 1. The fourth-order valence-corrected chi connectivity index (χ4v) is 1.28. The van der Waals surface area contributed by atoms with Gasteiger partial charge in [0.1, 0.15) is 5.82 Å². The molecule has 0 aliphatic carbocycles. The minimum absolute atomic E-state index is 0.206. The Morgan fingerprint density at radius 3 is 2.33 bits per heavy atom. The molecule has 1 aromatic carbocycles. The molecule has 0 fully saturated rings. The Labute approximate surface area is 87.8 Å². The maximum Gasteiger partial charge on any atom is 0.123 e. The lowest BCUT2D eigenvalue weighted by Gasteiger charge is -2.05. The van der Waals surface area contributed by atoms with Crippen molar-refractivity contribution in [2.24, 2.45) is 0 Å². The largest absolute Gasteiger partial charge is 0.381 e. The first-order valence-electron chi connectivity index (χ1n) is 4.73. The van der Waals surface area contributed by atoms with Crippen molar-refractivity contribution < 1.29 is 4.39 Å². The van der Waals surface area contributed by atoms with Crippen LogP contribution in [-0.4, -0.2) is 4.98 Å². The zero-order chi connectivity index (χ0) is 10.5. The average molecular weight is 202 g/mol. The molecule has 0 spiro atoms. The summed E-state index contributed by atoms with van der Waals surface area (Å²) >= 11 is 0. The van der Waals surface area contributed by atoms with Gasteiger partial charge in [-0.05, 0) is 29.8 Å². The van der Waals surface area contributed by atoms with Crippen LogP contribution in [0.5, 0.6) is 0 Å². The fourth-order valence-electron chi connectivity index (χ4n) is 1.28. The standard InChI is InChI=1S/C12H11FN2/c13-11-3-1-10(2-4-11)9-15-12-5-7-14-8-6-12/h1-8H,9H2,(H,14,15). The average Bonchev–Trinajstić information content (AvgIpc) is 2.30. The third-order valence-corrected chi connectivity index (χ3v) is 2.09. The topological polar surface area (TPSA) is 24.9 Å². The van der Waals surface area contributed by atoms with E-state index in [1.807, 2.05) is 12.1 Å². The molecule has 2 aromatic rings. The van der Waals surface area contributed by atoms with Crippen molar-refractivity contribution in [3.63, 3.8) is 0 Å². The molecule has 3 heteroatoms. The molecule has 0 saturated carbocycles. The molecule has 2 nitrogen and oxygen atoms in total. The second-order valence-electron chi connectivity index (χ2n) is 3.22. The van der Waals surface area contributed by atoms with Gasteiger partial charge >= 0.3 is 0 Å². The van der Waals surface area contributed by atoms with Crippen molar-refractivity contribution in [2.75, 3.05) is 5.32 Å². The predicted molar refractivity (Wildman–Crippen MR) is 58.0 cm³/mol. The molecule has 0 aliphatic rings. The minimum atomic E-state index is -0.206. The van der Waals surface area contributed by atoms with Gasteiger partial charge in [-0.2, -0.15) is 0 Å². The Morgan fingerprint density at radius 1 is 1.00 bits per heavy atom. The van der Waals surface area contributed by atoms with Crippen LogP contribution in [0.25, 0.3) is 0 Å². The number of pyridine rings is 1. The lowest BCUT2D eigenvalue weighted by Crippen LogP contribution is -1.98. The molecule has 15 heavy (non-hydrogen) atoms. The van der Waals surface area contributed by atoms with Gasteiger partial charge in [0.05, 0.1) is 0 Å². The highest BCUT2D eigenvalue weighted by Crippen LogP contribution is 2.07. The number of nitrogens with zero attached hydrogens (tertiary/aromatic N) is 1. The molecule has 0 saturated heterocycles. The molecule has 0 aliphatic heterocycles. The Morgan fingerprint density at radius 2 is 1.67 bits per heavy atom. The molecular formula is C12H11FN2. The molecular weight excluding hydrogens is 191 g/mol. The number of hydrogen-bond acceptors (Lipinski definition) is 2. The molecule has 1 heterocycles. The second kappa shape index (κ2) is 4.55. The molecule has 76 valence electrons. The summed E-state index contributed by atoms with van der Waals surface area (Å²) < 4.78 is 12.6. The van der Waals surface area contributed by atoms with E-state index in [0.717, 1.165) is 11.3 Å². The maximum atomic E-state index is 12.6. The van der Waals surface area contributed by atoms with Crippen LogP contribution in [0.1, 0.15) is 5.56 Å². The summed E-state index contributed by atoms with van der Waals surface area (Å²) in [6.45, 7) is 0.685. The Bertz CT molecular complexity index is 411. The normalized spacial score (nSPS) is 9.93. The number of benzene rings is 1. The van der Waals surface area contributed by atoms with Crippen LogP contribution in [-0.2, 0) is 6.54 Å². The van der Waals surface area contributed by atoms with Gasteiger partial charge in [-0.3, -0.25) is 4.98 Å². The zero-order valence-corrected chi connectivity index (χ0v) is 8.15. The summed E-state index contributed by atoms with van der Waals surface area (Å²) in [5.74, 6) is -0.206. The van der Waals surface area contributed by atoms with Crippen LogP contribution in [0.15, 0.2) is 48.8 Å². The molecule has 0 amide bonds. The third-order valence-electron chi connectivity index (χ3n) is 2.09. The van der Waals surface area contributed by atoms with E-state index in [0.29, 0.717) is 6.54 Å². The highest BCUT2D eigenvalue weighted by molar-refractivity contribution is 5.41. The zero-order valence-electron chi connectivity index (χ0n) is 8.15. The van der Waals surface area contributed by atoms with Crippen molar-refractivity contribution in [3.05, 3.63) is 60.2 Å². The third kappa shape index (κ3) is 2.77. The molecule has 1 N–H and O–H groups in total. The highest BCUT2D eigenvalue weighted by atomic mass is 19.1. The quantitative estimate of drug-likeness (QED) is 0.827. The fraction of sp³-hybridized carbons (Fsp3) is 0.0833. The van der Waals surface area contributed by atoms with Gasteiger partial charge in [-0.1, -0.05) is 12.1 Å². The van der Waals surface area contributed by atoms with Gasteiger partial charge in [0.15, 0.2) is 0 Å². The van der Waals surface area contributed by atoms with Gasteiger partial charge in [-0.15, -0.1) is 0 Å². The van der Waals surface area contributed by atoms with Crippen LogP contribution in [0.3, 0.4) is 0 Å². The van der Waals surface area contributed by atoms with Gasteiger partial charge in [0, 0.05) is 24.6 Å². The van der Waals surface area contributed by atoms with Gasteiger partial charge in [0.25, 0.3) is 0 Å². The SMILES string of the molecule is Fc1ccc(CNc2ccncc2)cc1. The summed E-state index contributed by atoms with van der Waals surface area (Å²) in [5, 5.41) is 3.22. The van der Waals surface area contributed by atoms with Crippen LogP contribution in [0.2, 0.25) is 0 Å². The van der Waals surface area contributed by atoms with Crippen molar-refractivity contribution in [3.8, 4) is 0 Å². The summed E-state index contributed by atoms with van der Waals surface area (Å²) in [7, 11) is 0. The number of nitrogens with one attached hydrogen (secondary N) is 1. The van der Waals surface area contributed by atoms with Gasteiger partial charge < -0.3 is 5.32 Å². The van der Waals surface area contributed by atoms with Crippen LogP contribution in [0, 0.1) is 5.82 Å². The van der Waals surface area contributed by atoms with E-state index in [1.165, 1.54) is 12.1 Å². The predicted octanol–water partition coefficient (Wildman–Crippen LogP) is 2.83. The number of halogens is 1. The summed E-state index contributed by atoms with van der Waals surface area (Å²) in [6, 6.07) is 10.2. The molecule has 0 bridgehead atoms. The summed E-state index contributed by atoms with van der Waals surface area (Å²) in [5.41, 5.74) is 2.06. The highest BCUT2D eigenvalue weighted by Gasteiger charge is 1.94.